The molecule has 1 aliphatic rings. The molecule has 0 unspecified atom stereocenters. The van der Waals surface area contributed by atoms with Gasteiger partial charge in [-0.15, -0.1) is 0 Å². The SMILES string of the molecule is O=C(O)C1(c2ncc(Br)cn2)CCCC1. The van der Waals surface area contributed by atoms with Crippen LogP contribution >= 0.6 is 15.9 Å². The van der Waals surface area contributed by atoms with Crippen molar-refractivity contribution in [3.05, 3.63) is 22.7 Å². The van der Waals surface area contributed by atoms with Gasteiger partial charge in [0.1, 0.15) is 11.2 Å². The second-order valence-corrected chi connectivity index (χ2v) is 4.73. The van der Waals surface area contributed by atoms with Crippen molar-refractivity contribution in [2.24, 2.45) is 0 Å². The predicted octanol–water partition coefficient (Wildman–Crippen LogP) is 2.14. The maximum atomic E-state index is 11.3. The second kappa shape index (κ2) is 3.89. The van der Waals surface area contributed by atoms with Crippen LogP contribution in [-0.4, -0.2) is 21.0 Å². The Morgan fingerprint density at radius 1 is 1.33 bits per heavy atom. The number of hydrogen-bond donors (Lipinski definition) is 1. The van der Waals surface area contributed by atoms with E-state index in [-0.39, 0.29) is 0 Å². The fourth-order valence-electron chi connectivity index (χ4n) is 2.07. The summed E-state index contributed by atoms with van der Waals surface area (Å²) < 4.78 is 0.768. The standard InChI is InChI=1S/C10H11BrN2O2/c11-7-5-12-8(13-6-7)10(9(14)15)3-1-2-4-10/h5-6H,1-4H2,(H,14,15). The predicted molar refractivity (Wildman–Crippen MR) is 57.5 cm³/mol. The summed E-state index contributed by atoms with van der Waals surface area (Å²) in [6.07, 6.45) is 6.36. The van der Waals surface area contributed by atoms with Gasteiger partial charge in [0.15, 0.2) is 0 Å². The lowest BCUT2D eigenvalue weighted by atomic mass is 9.85. The summed E-state index contributed by atoms with van der Waals surface area (Å²) >= 11 is 3.24. The third kappa shape index (κ3) is 1.76. The molecule has 5 heteroatoms. The van der Waals surface area contributed by atoms with E-state index >= 15 is 0 Å². The minimum Gasteiger partial charge on any atom is -0.480 e. The first-order valence-electron chi connectivity index (χ1n) is 4.86. The molecule has 0 amide bonds. The normalized spacial score (nSPS) is 19.0. The van der Waals surface area contributed by atoms with E-state index in [0.717, 1.165) is 17.3 Å². The fraction of sp³-hybridized carbons (Fsp3) is 0.500. The zero-order valence-electron chi connectivity index (χ0n) is 8.11. The van der Waals surface area contributed by atoms with Gasteiger partial charge in [0, 0.05) is 12.4 Å². The van der Waals surface area contributed by atoms with Gasteiger partial charge in [-0.3, -0.25) is 4.79 Å². The highest BCUT2D eigenvalue weighted by Crippen LogP contribution is 2.39. The van der Waals surface area contributed by atoms with E-state index < -0.39 is 11.4 Å². The van der Waals surface area contributed by atoms with Crippen molar-refractivity contribution in [2.45, 2.75) is 31.1 Å². The van der Waals surface area contributed by atoms with Crippen LogP contribution in [0.1, 0.15) is 31.5 Å². The van der Waals surface area contributed by atoms with Crippen molar-refractivity contribution in [1.29, 1.82) is 0 Å². The molecule has 0 radical (unpaired) electrons. The molecule has 1 saturated carbocycles. The molecule has 0 aromatic carbocycles. The number of aromatic nitrogens is 2. The highest BCUT2D eigenvalue weighted by molar-refractivity contribution is 9.10. The van der Waals surface area contributed by atoms with Crippen LogP contribution in [0.2, 0.25) is 0 Å². The number of nitrogens with zero attached hydrogens (tertiary/aromatic N) is 2. The summed E-state index contributed by atoms with van der Waals surface area (Å²) in [6.45, 7) is 0. The number of carboxylic acids is 1. The molecule has 15 heavy (non-hydrogen) atoms. The van der Waals surface area contributed by atoms with E-state index in [0.29, 0.717) is 18.7 Å². The lowest BCUT2D eigenvalue weighted by molar-refractivity contribution is -0.144. The zero-order chi connectivity index (χ0) is 10.9. The van der Waals surface area contributed by atoms with Gasteiger partial charge < -0.3 is 5.11 Å². The van der Waals surface area contributed by atoms with Crippen LogP contribution < -0.4 is 0 Å². The van der Waals surface area contributed by atoms with E-state index in [1.165, 1.54) is 0 Å². The smallest absolute Gasteiger partial charge is 0.317 e. The average Bonchev–Trinajstić information content (AvgIpc) is 2.69. The number of halogens is 1. The Balaban J connectivity index is 2.41. The highest BCUT2D eigenvalue weighted by Gasteiger charge is 2.45. The summed E-state index contributed by atoms with van der Waals surface area (Å²) in [7, 11) is 0. The topological polar surface area (TPSA) is 63.1 Å². The molecule has 1 aliphatic carbocycles. The molecule has 4 nitrogen and oxygen atoms in total. The van der Waals surface area contributed by atoms with E-state index in [1.807, 2.05) is 0 Å². The zero-order valence-corrected chi connectivity index (χ0v) is 9.70. The molecule has 1 aromatic heterocycles. The van der Waals surface area contributed by atoms with Crippen molar-refractivity contribution >= 4 is 21.9 Å². The molecular weight excluding hydrogens is 260 g/mol. The second-order valence-electron chi connectivity index (χ2n) is 3.82. The first-order chi connectivity index (χ1) is 7.15. The molecule has 1 N–H and O–H groups in total. The maximum Gasteiger partial charge on any atom is 0.317 e. The van der Waals surface area contributed by atoms with Gasteiger partial charge in [-0.1, -0.05) is 12.8 Å². The van der Waals surface area contributed by atoms with Crippen LogP contribution in [0.25, 0.3) is 0 Å². The van der Waals surface area contributed by atoms with E-state index in [4.69, 9.17) is 0 Å². The van der Waals surface area contributed by atoms with Crippen LogP contribution in [0.3, 0.4) is 0 Å². The molecule has 0 atom stereocenters. The van der Waals surface area contributed by atoms with Crippen molar-refractivity contribution in [2.75, 3.05) is 0 Å². The minimum atomic E-state index is -0.847. The molecule has 1 aromatic rings. The summed E-state index contributed by atoms with van der Waals surface area (Å²) in [5.41, 5.74) is -0.847. The maximum absolute atomic E-state index is 11.3. The quantitative estimate of drug-likeness (QED) is 0.895. The Morgan fingerprint density at radius 3 is 2.33 bits per heavy atom. The van der Waals surface area contributed by atoms with Crippen molar-refractivity contribution < 1.29 is 9.90 Å². The third-order valence-corrected chi connectivity index (χ3v) is 3.32. The van der Waals surface area contributed by atoms with E-state index in [1.54, 1.807) is 12.4 Å². The van der Waals surface area contributed by atoms with Gasteiger partial charge in [-0.05, 0) is 28.8 Å². The summed E-state index contributed by atoms with van der Waals surface area (Å²) in [5, 5.41) is 9.29. The van der Waals surface area contributed by atoms with Gasteiger partial charge >= 0.3 is 5.97 Å². The molecule has 0 aliphatic heterocycles. The Bertz CT molecular complexity index is 372. The number of carbonyl (C=O) groups is 1. The largest absolute Gasteiger partial charge is 0.480 e. The third-order valence-electron chi connectivity index (χ3n) is 2.91. The monoisotopic (exact) mass is 270 g/mol. The van der Waals surface area contributed by atoms with Gasteiger partial charge in [0.25, 0.3) is 0 Å². The van der Waals surface area contributed by atoms with Crippen LogP contribution in [0, 0.1) is 0 Å². The van der Waals surface area contributed by atoms with Gasteiger partial charge in [0.05, 0.1) is 4.47 Å². The number of carboxylic acid groups (broad SMARTS) is 1. The van der Waals surface area contributed by atoms with E-state index in [2.05, 4.69) is 25.9 Å². The van der Waals surface area contributed by atoms with Crippen LogP contribution in [0.5, 0.6) is 0 Å². The molecule has 0 saturated heterocycles. The van der Waals surface area contributed by atoms with Crippen LogP contribution in [0.15, 0.2) is 16.9 Å². The summed E-state index contributed by atoms with van der Waals surface area (Å²) in [5.74, 6) is -0.363. The number of rotatable bonds is 2. The molecule has 0 spiro atoms. The first kappa shape index (κ1) is 10.5. The number of hydrogen-bond acceptors (Lipinski definition) is 3. The molecule has 2 rings (SSSR count). The molecule has 80 valence electrons. The Labute approximate surface area is 95.9 Å². The van der Waals surface area contributed by atoms with Gasteiger partial charge in [-0.2, -0.15) is 0 Å². The Hall–Kier alpha value is -0.970. The Morgan fingerprint density at radius 2 is 1.87 bits per heavy atom. The molecule has 1 heterocycles. The van der Waals surface area contributed by atoms with Crippen molar-refractivity contribution in [3.63, 3.8) is 0 Å². The lowest BCUT2D eigenvalue weighted by Crippen LogP contribution is -2.34. The summed E-state index contributed by atoms with van der Waals surface area (Å²) in [6, 6.07) is 0. The van der Waals surface area contributed by atoms with Crippen molar-refractivity contribution in [3.8, 4) is 0 Å². The highest BCUT2D eigenvalue weighted by atomic mass is 79.9. The number of aliphatic carboxylic acids is 1. The van der Waals surface area contributed by atoms with E-state index in [9.17, 15) is 9.90 Å². The average molecular weight is 271 g/mol. The van der Waals surface area contributed by atoms with Crippen LogP contribution in [-0.2, 0) is 10.2 Å². The van der Waals surface area contributed by atoms with Crippen LogP contribution in [0.4, 0.5) is 0 Å². The fourth-order valence-corrected chi connectivity index (χ4v) is 2.28. The molecule has 1 fully saturated rings. The molecule has 0 bridgehead atoms. The minimum absolute atomic E-state index is 0.440. The van der Waals surface area contributed by atoms with Crippen molar-refractivity contribution in [1.82, 2.24) is 9.97 Å². The van der Waals surface area contributed by atoms with Gasteiger partial charge in [0.2, 0.25) is 0 Å². The Kier molecular flexibility index (Phi) is 2.73. The lowest BCUT2D eigenvalue weighted by Gasteiger charge is -2.21. The van der Waals surface area contributed by atoms with Gasteiger partial charge in [-0.25, -0.2) is 9.97 Å². The first-order valence-corrected chi connectivity index (χ1v) is 5.66. The molecular formula is C10H11BrN2O2. The summed E-state index contributed by atoms with van der Waals surface area (Å²) in [4.78, 5) is 19.5.